The maximum Gasteiger partial charge on any atom is 0.320 e. The van der Waals surface area contributed by atoms with Crippen LogP contribution in [0.5, 0.6) is 0 Å². The predicted octanol–water partition coefficient (Wildman–Crippen LogP) is 3.18. The van der Waals surface area contributed by atoms with Crippen molar-refractivity contribution < 1.29 is 13.2 Å². The van der Waals surface area contributed by atoms with Gasteiger partial charge in [0.2, 0.25) is 0 Å². The highest BCUT2D eigenvalue weighted by molar-refractivity contribution is 14.1. The molecule has 0 bridgehead atoms. The average Bonchev–Trinajstić information content (AvgIpc) is 2.48. The Balaban J connectivity index is 2.74. The fraction of sp³-hybridized carbons (Fsp3) is 0.125. The summed E-state index contributed by atoms with van der Waals surface area (Å²) in [4.78, 5) is 3.68. The minimum Gasteiger partial charge on any atom is -0.273 e. The van der Waals surface area contributed by atoms with Crippen LogP contribution < -0.4 is 0 Å². The molecule has 0 radical (unpaired) electrons. The van der Waals surface area contributed by atoms with Gasteiger partial charge in [-0.25, -0.2) is 9.37 Å². The van der Waals surface area contributed by atoms with Gasteiger partial charge in [-0.05, 0) is 28.7 Å². The van der Waals surface area contributed by atoms with Crippen LogP contribution in [0.2, 0.25) is 0 Å². The fourth-order valence-corrected chi connectivity index (χ4v) is 1.63. The Morgan fingerprint density at radius 3 is 2.71 bits per heavy atom. The molecule has 74 valence electrons. The monoisotopic (exact) mass is 312 g/mol. The highest BCUT2D eigenvalue weighted by Crippen LogP contribution is 2.23. The lowest BCUT2D eigenvalue weighted by Gasteiger charge is -2.01. The van der Waals surface area contributed by atoms with E-state index in [4.69, 9.17) is 0 Å². The number of halogens is 4. The van der Waals surface area contributed by atoms with Gasteiger partial charge < -0.3 is 0 Å². The SMILES string of the molecule is Fc1cc2ncn(C(F)F)c2cc1I. The summed E-state index contributed by atoms with van der Waals surface area (Å²) in [7, 11) is 0. The number of benzene rings is 1. The molecular formula is C8H4F3IN2. The van der Waals surface area contributed by atoms with Gasteiger partial charge >= 0.3 is 6.55 Å². The third kappa shape index (κ3) is 1.47. The number of hydrogen-bond donors (Lipinski definition) is 0. The van der Waals surface area contributed by atoms with E-state index in [2.05, 4.69) is 4.98 Å². The molecule has 0 amide bonds. The van der Waals surface area contributed by atoms with Gasteiger partial charge in [0.25, 0.3) is 0 Å². The van der Waals surface area contributed by atoms with Gasteiger partial charge in [-0.15, -0.1) is 0 Å². The lowest BCUT2D eigenvalue weighted by molar-refractivity contribution is 0.0746. The zero-order valence-electron chi connectivity index (χ0n) is 6.72. The molecule has 0 atom stereocenters. The summed E-state index contributed by atoms with van der Waals surface area (Å²) in [6.45, 7) is -2.65. The lowest BCUT2D eigenvalue weighted by atomic mass is 10.3. The molecule has 0 aliphatic rings. The van der Waals surface area contributed by atoms with Crippen molar-refractivity contribution in [3.8, 4) is 0 Å². The molecule has 14 heavy (non-hydrogen) atoms. The van der Waals surface area contributed by atoms with E-state index in [0.29, 0.717) is 8.14 Å². The Bertz CT molecular complexity index is 481. The first-order chi connectivity index (χ1) is 6.59. The van der Waals surface area contributed by atoms with E-state index in [1.807, 2.05) is 0 Å². The van der Waals surface area contributed by atoms with Gasteiger partial charge in [0.1, 0.15) is 12.1 Å². The number of hydrogen-bond acceptors (Lipinski definition) is 1. The van der Waals surface area contributed by atoms with E-state index in [9.17, 15) is 13.2 Å². The van der Waals surface area contributed by atoms with Crippen LogP contribution in [-0.4, -0.2) is 9.55 Å². The van der Waals surface area contributed by atoms with Crippen molar-refractivity contribution in [3.05, 3.63) is 27.8 Å². The number of imidazole rings is 1. The van der Waals surface area contributed by atoms with Crippen LogP contribution in [0.25, 0.3) is 11.0 Å². The van der Waals surface area contributed by atoms with Gasteiger partial charge in [-0.1, -0.05) is 0 Å². The molecule has 0 aliphatic carbocycles. The smallest absolute Gasteiger partial charge is 0.273 e. The van der Waals surface area contributed by atoms with Crippen molar-refractivity contribution in [2.24, 2.45) is 0 Å². The molecule has 0 N–H and O–H groups in total. The number of rotatable bonds is 1. The van der Waals surface area contributed by atoms with Crippen molar-refractivity contribution >= 4 is 33.6 Å². The van der Waals surface area contributed by atoms with Gasteiger partial charge in [0.15, 0.2) is 0 Å². The summed E-state index contributed by atoms with van der Waals surface area (Å²) in [6, 6.07) is 2.50. The fourth-order valence-electron chi connectivity index (χ4n) is 1.18. The van der Waals surface area contributed by atoms with Crippen LogP contribution in [0, 0.1) is 9.39 Å². The standard InChI is InChI=1S/C8H4F3IN2/c9-4-1-6-7(2-5(4)12)14(3-13-6)8(10)11/h1-3,8H. The van der Waals surface area contributed by atoms with Gasteiger partial charge in [-0.3, -0.25) is 4.57 Å². The Morgan fingerprint density at radius 2 is 2.07 bits per heavy atom. The topological polar surface area (TPSA) is 17.8 Å². The first kappa shape index (κ1) is 9.75. The summed E-state index contributed by atoms with van der Waals surface area (Å²) >= 11 is 1.75. The van der Waals surface area contributed by atoms with Crippen molar-refractivity contribution in [1.29, 1.82) is 0 Å². The molecule has 0 unspecified atom stereocenters. The first-order valence-electron chi connectivity index (χ1n) is 3.69. The minimum absolute atomic E-state index is 0.239. The summed E-state index contributed by atoms with van der Waals surface area (Å²) in [5, 5.41) is 0. The molecule has 2 nitrogen and oxygen atoms in total. The molecule has 1 aromatic heterocycles. The highest BCUT2D eigenvalue weighted by Gasteiger charge is 2.12. The number of fused-ring (bicyclic) bond motifs is 1. The number of nitrogens with zero attached hydrogens (tertiary/aromatic N) is 2. The molecule has 2 rings (SSSR count). The Kier molecular flexibility index (Phi) is 2.38. The summed E-state index contributed by atoms with van der Waals surface area (Å²) in [5.41, 5.74) is 0.481. The van der Waals surface area contributed by atoms with Crippen LogP contribution in [-0.2, 0) is 0 Å². The second-order valence-corrected chi connectivity index (χ2v) is 3.85. The molecule has 0 aliphatic heterocycles. The Labute approximate surface area is 90.9 Å². The summed E-state index contributed by atoms with van der Waals surface area (Å²) in [6.07, 6.45) is 1.00. The van der Waals surface area contributed by atoms with Crippen LogP contribution in [0.15, 0.2) is 18.5 Å². The van der Waals surface area contributed by atoms with Crippen molar-refractivity contribution in [2.75, 3.05) is 0 Å². The molecule has 6 heteroatoms. The summed E-state index contributed by atoms with van der Waals surface area (Å²) in [5.74, 6) is -0.447. The molecule has 2 aromatic rings. The lowest BCUT2D eigenvalue weighted by Crippen LogP contribution is -1.95. The normalized spacial score (nSPS) is 11.5. The van der Waals surface area contributed by atoms with Crippen LogP contribution in [0.3, 0.4) is 0 Å². The van der Waals surface area contributed by atoms with Crippen molar-refractivity contribution in [2.45, 2.75) is 6.55 Å². The van der Waals surface area contributed by atoms with Crippen LogP contribution >= 0.6 is 22.6 Å². The second-order valence-electron chi connectivity index (χ2n) is 2.68. The molecule has 1 aromatic carbocycles. The van der Waals surface area contributed by atoms with Crippen molar-refractivity contribution in [3.63, 3.8) is 0 Å². The maximum atomic E-state index is 13.0. The van der Waals surface area contributed by atoms with Gasteiger partial charge in [0.05, 0.1) is 14.6 Å². The molecule has 1 heterocycles. The maximum absolute atomic E-state index is 13.0. The van der Waals surface area contributed by atoms with E-state index < -0.39 is 12.4 Å². The summed E-state index contributed by atoms with van der Waals surface area (Å²) < 4.78 is 38.8. The number of alkyl halides is 2. The zero-order chi connectivity index (χ0) is 10.3. The third-order valence-corrected chi connectivity index (χ3v) is 2.65. The molecule has 0 fully saturated rings. The second kappa shape index (κ2) is 3.41. The average molecular weight is 312 g/mol. The third-order valence-electron chi connectivity index (χ3n) is 1.83. The molecule has 0 saturated heterocycles. The Hall–Kier alpha value is -0.790. The van der Waals surface area contributed by atoms with Crippen LogP contribution in [0.1, 0.15) is 6.55 Å². The van der Waals surface area contributed by atoms with E-state index in [1.165, 1.54) is 6.07 Å². The predicted molar refractivity (Wildman–Crippen MR) is 53.7 cm³/mol. The Morgan fingerprint density at radius 1 is 1.36 bits per heavy atom. The quantitative estimate of drug-likeness (QED) is 0.740. The zero-order valence-corrected chi connectivity index (χ0v) is 8.87. The van der Waals surface area contributed by atoms with E-state index in [0.717, 1.165) is 12.4 Å². The van der Waals surface area contributed by atoms with Gasteiger partial charge in [0, 0.05) is 6.07 Å². The first-order valence-corrected chi connectivity index (χ1v) is 4.77. The van der Waals surface area contributed by atoms with Crippen molar-refractivity contribution in [1.82, 2.24) is 9.55 Å². The number of aromatic nitrogens is 2. The molecular weight excluding hydrogens is 308 g/mol. The van der Waals surface area contributed by atoms with E-state index >= 15 is 0 Å². The largest absolute Gasteiger partial charge is 0.320 e. The van der Waals surface area contributed by atoms with Crippen LogP contribution in [0.4, 0.5) is 13.2 Å². The minimum atomic E-state index is -2.65. The highest BCUT2D eigenvalue weighted by atomic mass is 127. The van der Waals surface area contributed by atoms with Gasteiger partial charge in [-0.2, -0.15) is 8.78 Å². The molecule has 0 spiro atoms. The molecule has 0 saturated carbocycles. The van der Waals surface area contributed by atoms with E-state index in [-0.39, 0.29) is 11.0 Å². The van der Waals surface area contributed by atoms with E-state index in [1.54, 1.807) is 22.6 Å².